The van der Waals surface area contributed by atoms with Crippen molar-refractivity contribution in [2.75, 3.05) is 17.4 Å². The van der Waals surface area contributed by atoms with E-state index in [0.717, 1.165) is 4.31 Å². The van der Waals surface area contributed by atoms with Crippen LogP contribution in [-0.2, 0) is 26.2 Å². The molecular formula is C30H35Cl2N3O4S. The fraction of sp³-hybridized carbons (Fsp3) is 0.333. The molecule has 0 fully saturated rings. The van der Waals surface area contributed by atoms with Crippen LogP contribution >= 0.6 is 23.2 Å². The topological polar surface area (TPSA) is 86.8 Å². The normalized spacial score (nSPS) is 12.2. The van der Waals surface area contributed by atoms with E-state index in [0.29, 0.717) is 39.8 Å². The fourth-order valence-corrected chi connectivity index (χ4v) is 6.29. The number of nitrogens with zero attached hydrogens (tertiary/aromatic N) is 2. The number of anilines is 1. The summed E-state index contributed by atoms with van der Waals surface area (Å²) < 4.78 is 28.9. The van der Waals surface area contributed by atoms with Crippen LogP contribution in [-0.4, -0.2) is 44.3 Å². The number of halogens is 2. The van der Waals surface area contributed by atoms with E-state index in [1.54, 1.807) is 74.5 Å². The van der Waals surface area contributed by atoms with Gasteiger partial charge in [0.25, 0.3) is 10.0 Å². The van der Waals surface area contributed by atoms with Gasteiger partial charge in [0, 0.05) is 28.7 Å². The maximum absolute atomic E-state index is 14.1. The zero-order valence-corrected chi connectivity index (χ0v) is 25.4. The summed E-state index contributed by atoms with van der Waals surface area (Å²) >= 11 is 12.9. The molecule has 10 heteroatoms. The van der Waals surface area contributed by atoms with Crippen LogP contribution in [0.2, 0.25) is 10.0 Å². The van der Waals surface area contributed by atoms with Crippen LogP contribution in [0.5, 0.6) is 0 Å². The first kappa shape index (κ1) is 31.5. The number of hydrogen-bond acceptors (Lipinski definition) is 4. The standard InChI is InChI=1S/C30H35Cl2N3O4S/c1-5-27(30(37)33-18-21(2)3)34(19-24-25(31)15-11-16-26(24)32)29(36)20-35(28-17-10-9-12-22(28)4)40(38,39)23-13-7-6-8-14-23/h6-17,21,27H,5,18-20H2,1-4H3,(H,33,37)/t27-/m1/s1. The highest BCUT2D eigenvalue weighted by Crippen LogP contribution is 2.29. The SMILES string of the molecule is CC[C@H](C(=O)NCC(C)C)N(Cc1c(Cl)cccc1Cl)C(=O)CN(c1ccccc1C)S(=O)(=O)c1ccccc1. The third kappa shape index (κ3) is 7.56. The Labute approximate surface area is 247 Å². The van der Waals surface area contributed by atoms with Gasteiger partial charge >= 0.3 is 0 Å². The van der Waals surface area contributed by atoms with E-state index in [1.165, 1.54) is 17.0 Å². The molecule has 7 nitrogen and oxygen atoms in total. The van der Waals surface area contributed by atoms with Gasteiger partial charge in [-0.25, -0.2) is 8.42 Å². The van der Waals surface area contributed by atoms with Gasteiger partial charge in [0.05, 0.1) is 10.6 Å². The minimum absolute atomic E-state index is 0.0495. The van der Waals surface area contributed by atoms with Crippen LogP contribution in [0, 0.1) is 12.8 Å². The lowest BCUT2D eigenvalue weighted by molar-refractivity contribution is -0.140. The molecule has 40 heavy (non-hydrogen) atoms. The Hall–Kier alpha value is -3.07. The Morgan fingerprint density at radius 2 is 1.50 bits per heavy atom. The van der Waals surface area contributed by atoms with Crippen molar-refractivity contribution < 1.29 is 18.0 Å². The summed E-state index contributed by atoms with van der Waals surface area (Å²) in [5.74, 6) is -0.692. The number of benzene rings is 3. The van der Waals surface area contributed by atoms with E-state index in [-0.39, 0.29) is 23.3 Å². The monoisotopic (exact) mass is 603 g/mol. The van der Waals surface area contributed by atoms with Crippen molar-refractivity contribution in [3.8, 4) is 0 Å². The average Bonchev–Trinajstić information content (AvgIpc) is 2.92. The van der Waals surface area contributed by atoms with Crippen molar-refractivity contribution in [3.63, 3.8) is 0 Å². The predicted octanol–water partition coefficient (Wildman–Crippen LogP) is 6.08. The average molecular weight is 605 g/mol. The van der Waals surface area contributed by atoms with Gasteiger partial charge in [0.2, 0.25) is 11.8 Å². The molecule has 0 saturated heterocycles. The first-order valence-corrected chi connectivity index (χ1v) is 15.3. The number of nitrogens with one attached hydrogen (secondary N) is 1. The van der Waals surface area contributed by atoms with Crippen molar-refractivity contribution in [3.05, 3.63) is 94.0 Å². The van der Waals surface area contributed by atoms with Crippen molar-refractivity contribution in [2.24, 2.45) is 5.92 Å². The first-order chi connectivity index (χ1) is 19.0. The molecular weight excluding hydrogens is 569 g/mol. The number of hydrogen-bond donors (Lipinski definition) is 1. The highest BCUT2D eigenvalue weighted by molar-refractivity contribution is 7.92. The summed E-state index contributed by atoms with van der Waals surface area (Å²) in [7, 11) is -4.14. The van der Waals surface area contributed by atoms with Gasteiger partial charge in [-0.05, 0) is 55.2 Å². The number of para-hydroxylation sites is 1. The number of sulfonamides is 1. The van der Waals surface area contributed by atoms with Gasteiger partial charge in [-0.1, -0.05) is 86.4 Å². The molecule has 3 rings (SSSR count). The van der Waals surface area contributed by atoms with Gasteiger partial charge in [-0.15, -0.1) is 0 Å². The third-order valence-electron chi connectivity index (χ3n) is 6.45. The Morgan fingerprint density at radius 3 is 2.08 bits per heavy atom. The molecule has 0 aromatic heterocycles. The lowest BCUT2D eigenvalue weighted by atomic mass is 10.1. The zero-order valence-electron chi connectivity index (χ0n) is 23.1. The van der Waals surface area contributed by atoms with Gasteiger partial charge in [-0.2, -0.15) is 0 Å². The summed E-state index contributed by atoms with van der Waals surface area (Å²) in [5, 5.41) is 3.59. The highest BCUT2D eigenvalue weighted by Gasteiger charge is 2.34. The van der Waals surface area contributed by atoms with Crippen molar-refractivity contribution in [1.29, 1.82) is 0 Å². The number of amides is 2. The molecule has 0 saturated carbocycles. The second kappa shape index (κ2) is 14.0. The van der Waals surface area contributed by atoms with E-state index >= 15 is 0 Å². The second-order valence-electron chi connectivity index (χ2n) is 9.90. The molecule has 1 atom stereocenters. The van der Waals surface area contributed by atoms with Gasteiger partial charge in [-0.3, -0.25) is 13.9 Å². The lowest BCUT2D eigenvalue weighted by Gasteiger charge is -2.34. The number of rotatable bonds is 12. The van der Waals surface area contributed by atoms with E-state index in [9.17, 15) is 18.0 Å². The largest absolute Gasteiger partial charge is 0.354 e. The molecule has 0 aliphatic heterocycles. The smallest absolute Gasteiger partial charge is 0.264 e. The summed E-state index contributed by atoms with van der Waals surface area (Å²) in [5.41, 5.74) is 1.52. The Balaban J connectivity index is 2.09. The van der Waals surface area contributed by atoms with Crippen LogP contribution < -0.4 is 9.62 Å². The third-order valence-corrected chi connectivity index (χ3v) is 8.94. The Morgan fingerprint density at radius 1 is 0.900 bits per heavy atom. The molecule has 2 amide bonds. The molecule has 0 spiro atoms. The number of carbonyl (C=O) groups excluding carboxylic acids is 2. The molecule has 0 heterocycles. The summed E-state index contributed by atoms with van der Waals surface area (Å²) in [6.45, 7) is 7.36. The van der Waals surface area contributed by atoms with Crippen LogP contribution in [0.4, 0.5) is 5.69 Å². The molecule has 0 aliphatic carbocycles. The molecule has 0 unspecified atom stereocenters. The lowest BCUT2D eigenvalue weighted by Crippen LogP contribution is -2.52. The van der Waals surface area contributed by atoms with E-state index in [4.69, 9.17) is 23.2 Å². The predicted molar refractivity (Wildman–Crippen MR) is 161 cm³/mol. The second-order valence-corrected chi connectivity index (χ2v) is 12.6. The number of aryl methyl sites for hydroxylation is 1. The molecule has 0 aliphatic rings. The summed E-state index contributed by atoms with van der Waals surface area (Å²) in [6.07, 6.45) is 0.299. The van der Waals surface area contributed by atoms with E-state index in [2.05, 4.69) is 5.32 Å². The summed E-state index contributed by atoms with van der Waals surface area (Å²) in [6, 6.07) is 19.0. The molecule has 214 valence electrons. The zero-order chi connectivity index (χ0) is 29.4. The van der Waals surface area contributed by atoms with Crippen LogP contribution in [0.3, 0.4) is 0 Å². The van der Waals surface area contributed by atoms with Gasteiger partial charge < -0.3 is 10.2 Å². The van der Waals surface area contributed by atoms with Gasteiger partial charge in [0.1, 0.15) is 12.6 Å². The van der Waals surface area contributed by atoms with Crippen LogP contribution in [0.1, 0.15) is 38.3 Å². The van der Waals surface area contributed by atoms with Crippen LogP contribution in [0.25, 0.3) is 0 Å². The van der Waals surface area contributed by atoms with Crippen molar-refractivity contribution in [2.45, 2.75) is 51.6 Å². The highest BCUT2D eigenvalue weighted by atomic mass is 35.5. The summed E-state index contributed by atoms with van der Waals surface area (Å²) in [4.78, 5) is 28.9. The minimum atomic E-state index is -4.14. The van der Waals surface area contributed by atoms with E-state index in [1.807, 2.05) is 13.8 Å². The number of carbonyl (C=O) groups is 2. The Kier molecular flexibility index (Phi) is 11.0. The maximum Gasteiger partial charge on any atom is 0.264 e. The first-order valence-electron chi connectivity index (χ1n) is 13.1. The van der Waals surface area contributed by atoms with Gasteiger partial charge in [0.15, 0.2) is 0 Å². The molecule has 3 aromatic carbocycles. The molecule has 0 radical (unpaired) electrons. The van der Waals surface area contributed by atoms with Crippen LogP contribution in [0.15, 0.2) is 77.7 Å². The molecule has 3 aromatic rings. The molecule has 1 N–H and O–H groups in total. The van der Waals surface area contributed by atoms with Crippen molar-refractivity contribution in [1.82, 2.24) is 10.2 Å². The maximum atomic E-state index is 14.1. The van der Waals surface area contributed by atoms with Crippen molar-refractivity contribution >= 4 is 50.7 Å². The molecule has 0 bridgehead atoms. The van der Waals surface area contributed by atoms with E-state index < -0.39 is 28.5 Å². The minimum Gasteiger partial charge on any atom is -0.354 e. The fourth-order valence-electron chi connectivity index (χ4n) is 4.27. The Bertz CT molecular complexity index is 1410. The quantitative estimate of drug-likeness (QED) is 0.272.